The standard InChI is InChI=1S/C14H14ClN3O/c15-11-3-4-16-13-10(11)7-12-14(19)17(5-6-18(12)13)8-9-1-2-9/h3-4,7,9H,1-2,5-6,8H2. The van der Waals surface area contributed by atoms with Crippen LogP contribution in [-0.4, -0.2) is 33.4 Å². The zero-order valence-electron chi connectivity index (χ0n) is 10.5. The molecule has 4 nitrogen and oxygen atoms in total. The summed E-state index contributed by atoms with van der Waals surface area (Å²) in [5.41, 5.74) is 1.55. The summed E-state index contributed by atoms with van der Waals surface area (Å²) in [5, 5.41) is 1.54. The number of hydrogen-bond donors (Lipinski definition) is 0. The lowest BCUT2D eigenvalue weighted by Gasteiger charge is -2.28. The lowest BCUT2D eigenvalue weighted by Crippen LogP contribution is -2.41. The van der Waals surface area contributed by atoms with Gasteiger partial charge in [-0.3, -0.25) is 4.79 Å². The minimum absolute atomic E-state index is 0.118. The quantitative estimate of drug-likeness (QED) is 0.845. The van der Waals surface area contributed by atoms with Gasteiger partial charge in [0.2, 0.25) is 0 Å². The first kappa shape index (κ1) is 11.3. The fourth-order valence-electron chi connectivity index (χ4n) is 2.79. The Morgan fingerprint density at radius 3 is 3.00 bits per heavy atom. The van der Waals surface area contributed by atoms with E-state index in [0.29, 0.717) is 5.02 Å². The Kier molecular flexibility index (Phi) is 2.36. The number of rotatable bonds is 2. The van der Waals surface area contributed by atoms with Crippen LogP contribution in [0.4, 0.5) is 0 Å². The summed E-state index contributed by atoms with van der Waals surface area (Å²) in [4.78, 5) is 18.8. The van der Waals surface area contributed by atoms with E-state index in [2.05, 4.69) is 4.98 Å². The predicted molar refractivity (Wildman–Crippen MR) is 73.4 cm³/mol. The van der Waals surface area contributed by atoms with E-state index in [-0.39, 0.29) is 5.91 Å². The van der Waals surface area contributed by atoms with Crippen LogP contribution in [0, 0.1) is 5.92 Å². The number of fused-ring (bicyclic) bond motifs is 3. The van der Waals surface area contributed by atoms with Gasteiger partial charge in [-0.05, 0) is 30.9 Å². The largest absolute Gasteiger partial charge is 0.335 e. The van der Waals surface area contributed by atoms with Gasteiger partial charge in [-0.25, -0.2) is 4.98 Å². The highest BCUT2D eigenvalue weighted by atomic mass is 35.5. The molecule has 19 heavy (non-hydrogen) atoms. The van der Waals surface area contributed by atoms with E-state index in [1.165, 1.54) is 12.8 Å². The van der Waals surface area contributed by atoms with Gasteiger partial charge >= 0.3 is 0 Å². The lowest BCUT2D eigenvalue weighted by molar-refractivity contribution is 0.0698. The normalized spacial score (nSPS) is 19.0. The number of carbonyl (C=O) groups is 1. The van der Waals surface area contributed by atoms with Crippen LogP contribution in [-0.2, 0) is 6.54 Å². The molecule has 1 fully saturated rings. The Balaban J connectivity index is 1.79. The number of carbonyl (C=O) groups excluding carboxylic acids is 1. The molecule has 2 aromatic heterocycles. The van der Waals surface area contributed by atoms with Gasteiger partial charge in [-0.1, -0.05) is 11.6 Å². The molecule has 0 bridgehead atoms. The molecule has 0 N–H and O–H groups in total. The Morgan fingerprint density at radius 2 is 2.21 bits per heavy atom. The van der Waals surface area contributed by atoms with Crippen LogP contribution in [0.25, 0.3) is 11.0 Å². The SMILES string of the molecule is O=C1c2cc3c(Cl)ccnc3n2CCN1CC1CC1. The fourth-order valence-corrected chi connectivity index (χ4v) is 2.99. The maximum absolute atomic E-state index is 12.5. The Hall–Kier alpha value is -1.55. The molecular weight excluding hydrogens is 262 g/mol. The Bertz CT molecular complexity index is 675. The molecule has 4 rings (SSSR count). The van der Waals surface area contributed by atoms with E-state index >= 15 is 0 Å². The molecule has 0 radical (unpaired) electrons. The molecule has 1 aliphatic heterocycles. The molecule has 0 aromatic carbocycles. The molecule has 0 saturated heterocycles. The molecule has 2 aromatic rings. The van der Waals surface area contributed by atoms with Crippen molar-refractivity contribution in [1.29, 1.82) is 0 Å². The second-order valence-electron chi connectivity index (χ2n) is 5.41. The van der Waals surface area contributed by atoms with Crippen molar-refractivity contribution in [3.8, 4) is 0 Å². The van der Waals surface area contributed by atoms with Gasteiger partial charge in [0.1, 0.15) is 11.3 Å². The van der Waals surface area contributed by atoms with Gasteiger partial charge in [0.05, 0.1) is 5.02 Å². The van der Waals surface area contributed by atoms with Crippen molar-refractivity contribution in [3.05, 3.63) is 29.0 Å². The predicted octanol–water partition coefficient (Wildman–Crippen LogP) is 2.56. The third kappa shape index (κ3) is 1.74. The van der Waals surface area contributed by atoms with Gasteiger partial charge < -0.3 is 9.47 Å². The van der Waals surface area contributed by atoms with Gasteiger partial charge in [-0.2, -0.15) is 0 Å². The summed E-state index contributed by atoms with van der Waals surface area (Å²) >= 11 is 6.18. The molecular formula is C14H14ClN3O. The highest BCUT2D eigenvalue weighted by Crippen LogP contribution is 2.32. The molecule has 0 spiro atoms. The van der Waals surface area contributed by atoms with Crippen LogP contribution in [0.15, 0.2) is 18.3 Å². The van der Waals surface area contributed by atoms with Crippen molar-refractivity contribution in [2.45, 2.75) is 19.4 Å². The first-order chi connectivity index (χ1) is 9.24. The topological polar surface area (TPSA) is 38.1 Å². The number of pyridine rings is 1. The van der Waals surface area contributed by atoms with Crippen LogP contribution in [0.3, 0.4) is 0 Å². The average Bonchev–Trinajstić information content (AvgIpc) is 3.13. The average molecular weight is 276 g/mol. The third-order valence-electron chi connectivity index (χ3n) is 4.02. The van der Waals surface area contributed by atoms with E-state index in [1.54, 1.807) is 12.3 Å². The molecule has 98 valence electrons. The molecule has 5 heteroatoms. The maximum Gasteiger partial charge on any atom is 0.270 e. The van der Waals surface area contributed by atoms with Crippen LogP contribution in [0.1, 0.15) is 23.3 Å². The van der Waals surface area contributed by atoms with Crippen LogP contribution in [0.2, 0.25) is 5.02 Å². The second kappa shape index (κ2) is 3.97. The lowest BCUT2D eigenvalue weighted by atomic mass is 10.2. The van der Waals surface area contributed by atoms with E-state index in [1.807, 2.05) is 15.5 Å². The van der Waals surface area contributed by atoms with Crippen LogP contribution in [0.5, 0.6) is 0 Å². The Morgan fingerprint density at radius 1 is 1.37 bits per heavy atom. The van der Waals surface area contributed by atoms with Gasteiger partial charge in [0.15, 0.2) is 0 Å². The smallest absolute Gasteiger partial charge is 0.270 e. The maximum atomic E-state index is 12.5. The zero-order valence-corrected chi connectivity index (χ0v) is 11.2. The number of halogens is 1. The Labute approximate surface area is 116 Å². The number of nitrogens with zero attached hydrogens (tertiary/aromatic N) is 3. The summed E-state index contributed by atoms with van der Waals surface area (Å²) in [6.07, 6.45) is 4.22. The first-order valence-corrected chi connectivity index (χ1v) is 7.05. The molecule has 1 amide bonds. The third-order valence-corrected chi connectivity index (χ3v) is 4.35. The monoisotopic (exact) mass is 275 g/mol. The fraction of sp³-hybridized carbons (Fsp3) is 0.429. The van der Waals surface area contributed by atoms with Crippen molar-refractivity contribution in [2.24, 2.45) is 5.92 Å². The van der Waals surface area contributed by atoms with Gasteiger partial charge in [0, 0.05) is 31.2 Å². The first-order valence-electron chi connectivity index (χ1n) is 6.67. The van der Waals surface area contributed by atoms with Crippen LogP contribution >= 0.6 is 11.6 Å². The van der Waals surface area contributed by atoms with Crippen molar-refractivity contribution < 1.29 is 4.79 Å². The summed E-state index contributed by atoms with van der Waals surface area (Å²) in [7, 11) is 0. The number of aromatic nitrogens is 2. The molecule has 0 unspecified atom stereocenters. The summed E-state index contributed by atoms with van der Waals surface area (Å²) in [6, 6.07) is 3.65. The summed E-state index contributed by atoms with van der Waals surface area (Å²) in [6.45, 7) is 2.49. The van der Waals surface area contributed by atoms with E-state index in [9.17, 15) is 4.79 Å². The van der Waals surface area contributed by atoms with E-state index < -0.39 is 0 Å². The number of amides is 1. The molecule has 2 aliphatic rings. The minimum atomic E-state index is 0.118. The van der Waals surface area contributed by atoms with E-state index in [0.717, 1.165) is 42.3 Å². The van der Waals surface area contributed by atoms with Crippen molar-refractivity contribution in [2.75, 3.05) is 13.1 Å². The van der Waals surface area contributed by atoms with Crippen LogP contribution < -0.4 is 0 Å². The summed E-state index contributed by atoms with van der Waals surface area (Å²) in [5.74, 6) is 0.841. The van der Waals surface area contributed by atoms with Crippen molar-refractivity contribution >= 4 is 28.5 Å². The molecule has 0 atom stereocenters. The number of hydrogen-bond acceptors (Lipinski definition) is 2. The van der Waals surface area contributed by atoms with Gasteiger partial charge in [0.25, 0.3) is 5.91 Å². The molecule has 3 heterocycles. The van der Waals surface area contributed by atoms with Crippen molar-refractivity contribution in [1.82, 2.24) is 14.5 Å². The molecule has 1 saturated carbocycles. The minimum Gasteiger partial charge on any atom is -0.335 e. The highest BCUT2D eigenvalue weighted by molar-refractivity contribution is 6.35. The summed E-state index contributed by atoms with van der Waals surface area (Å²) < 4.78 is 1.99. The van der Waals surface area contributed by atoms with Gasteiger partial charge in [-0.15, -0.1) is 0 Å². The van der Waals surface area contributed by atoms with Crippen molar-refractivity contribution in [3.63, 3.8) is 0 Å². The second-order valence-corrected chi connectivity index (χ2v) is 5.81. The molecule has 1 aliphatic carbocycles. The zero-order chi connectivity index (χ0) is 13.0. The van der Waals surface area contributed by atoms with E-state index in [4.69, 9.17) is 11.6 Å². The highest BCUT2D eigenvalue weighted by Gasteiger charge is 2.31.